The number of hydrogen-bond donors (Lipinski definition) is 2. The smallest absolute Gasteiger partial charge is 0.267 e. The summed E-state index contributed by atoms with van der Waals surface area (Å²) in [6.07, 6.45) is 7.20. The number of amides is 1. The van der Waals surface area contributed by atoms with Gasteiger partial charge in [-0.15, -0.1) is 0 Å². The molecule has 2 aliphatic carbocycles. The van der Waals surface area contributed by atoms with Crippen molar-refractivity contribution < 1.29 is 9.90 Å². The Morgan fingerprint density at radius 1 is 1.03 bits per heavy atom. The zero-order chi connectivity index (χ0) is 25.7. The SMILES string of the molecule is CC(C)n1c(=O)c(C(=O)NCCCN2C3CC4CC2CC(c2ccccc2)(C4)C3)c(O)c2ccccc21. The van der Waals surface area contributed by atoms with Crippen molar-refractivity contribution in [3.63, 3.8) is 0 Å². The van der Waals surface area contributed by atoms with Crippen LogP contribution >= 0.6 is 0 Å². The maximum Gasteiger partial charge on any atom is 0.267 e. The maximum absolute atomic E-state index is 13.2. The third-order valence-electron chi connectivity index (χ3n) is 9.18. The number of carbonyl (C=O) groups is 1. The highest BCUT2D eigenvalue weighted by molar-refractivity contribution is 6.02. The second kappa shape index (κ2) is 9.32. The van der Waals surface area contributed by atoms with E-state index in [-0.39, 0.29) is 17.4 Å². The van der Waals surface area contributed by atoms with Crippen LogP contribution < -0.4 is 10.9 Å². The number of hydrogen-bond acceptors (Lipinski definition) is 4. The van der Waals surface area contributed by atoms with E-state index in [9.17, 15) is 14.7 Å². The quantitative estimate of drug-likeness (QED) is 0.449. The van der Waals surface area contributed by atoms with Crippen LogP contribution in [0.1, 0.15) is 74.3 Å². The average Bonchev–Trinajstić information content (AvgIpc) is 2.88. The highest BCUT2D eigenvalue weighted by Gasteiger charge is 2.54. The van der Waals surface area contributed by atoms with Gasteiger partial charge >= 0.3 is 0 Å². The van der Waals surface area contributed by atoms with Crippen molar-refractivity contribution in [1.82, 2.24) is 14.8 Å². The first-order valence-electron chi connectivity index (χ1n) is 13.8. The zero-order valence-corrected chi connectivity index (χ0v) is 21.8. The van der Waals surface area contributed by atoms with Gasteiger partial charge in [0, 0.05) is 36.6 Å². The van der Waals surface area contributed by atoms with Crippen LogP contribution in [0.5, 0.6) is 5.75 Å². The summed E-state index contributed by atoms with van der Waals surface area (Å²) in [5.74, 6) is 0.101. The molecule has 1 amide bonds. The van der Waals surface area contributed by atoms with Crippen molar-refractivity contribution in [2.24, 2.45) is 5.92 Å². The molecule has 4 aliphatic rings. The van der Waals surface area contributed by atoms with Crippen molar-refractivity contribution in [3.05, 3.63) is 76.1 Å². The molecule has 4 bridgehead atoms. The number of para-hydroxylation sites is 1. The number of nitrogens with one attached hydrogen (secondary N) is 1. The number of fused-ring (bicyclic) bond motifs is 1. The molecule has 6 heteroatoms. The molecule has 2 aromatic carbocycles. The normalized spacial score (nSPS) is 26.7. The van der Waals surface area contributed by atoms with Crippen LogP contribution in [-0.2, 0) is 5.41 Å². The number of pyridine rings is 1. The van der Waals surface area contributed by atoms with E-state index < -0.39 is 11.5 Å². The van der Waals surface area contributed by atoms with Gasteiger partial charge in [0.1, 0.15) is 11.3 Å². The lowest BCUT2D eigenvalue weighted by atomic mass is 9.53. The van der Waals surface area contributed by atoms with Gasteiger partial charge in [-0.1, -0.05) is 42.5 Å². The molecule has 3 aromatic rings. The standard InChI is InChI=1S/C31H37N3O3/c1-20(2)34-26-12-7-6-11-25(26)28(35)27(30(34)37)29(36)32-13-8-14-33-23-15-21-16-24(33)19-31(17-21,18-23)22-9-4-3-5-10-22/h3-7,9-12,20-21,23-24,35H,8,13-19H2,1-2H3,(H,32,36). The Bertz CT molecular complexity index is 1360. The molecule has 3 heterocycles. The van der Waals surface area contributed by atoms with Gasteiger partial charge in [-0.25, -0.2) is 0 Å². The number of piperidine rings is 2. The summed E-state index contributed by atoms with van der Waals surface area (Å²) in [6.45, 7) is 5.25. The van der Waals surface area contributed by atoms with E-state index in [2.05, 4.69) is 40.5 Å². The van der Waals surface area contributed by atoms with Gasteiger partial charge in [-0.05, 0) is 81.4 Å². The van der Waals surface area contributed by atoms with Crippen molar-refractivity contribution in [1.29, 1.82) is 0 Å². The van der Waals surface area contributed by atoms with E-state index in [0.717, 1.165) is 18.9 Å². The molecule has 2 N–H and O–H groups in total. The Hall–Kier alpha value is -3.12. The van der Waals surface area contributed by atoms with E-state index in [1.165, 1.54) is 37.7 Å². The fraction of sp³-hybridized carbons (Fsp3) is 0.484. The summed E-state index contributed by atoms with van der Waals surface area (Å²) < 4.78 is 1.59. The van der Waals surface area contributed by atoms with Crippen LogP contribution in [0.4, 0.5) is 0 Å². The Labute approximate surface area is 218 Å². The summed E-state index contributed by atoms with van der Waals surface area (Å²) in [7, 11) is 0. The van der Waals surface area contributed by atoms with Gasteiger partial charge < -0.3 is 15.0 Å². The van der Waals surface area contributed by atoms with Crippen molar-refractivity contribution in [3.8, 4) is 5.75 Å². The fourth-order valence-electron chi connectivity index (χ4n) is 7.84. The predicted molar refractivity (Wildman–Crippen MR) is 146 cm³/mol. The fourth-order valence-corrected chi connectivity index (χ4v) is 7.84. The number of carbonyl (C=O) groups excluding carboxylic acids is 1. The largest absolute Gasteiger partial charge is 0.506 e. The van der Waals surface area contributed by atoms with E-state index in [1.54, 1.807) is 22.8 Å². The van der Waals surface area contributed by atoms with E-state index >= 15 is 0 Å². The number of nitrogens with zero attached hydrogens (tertiary/aromatic N) is 2. The number of rotatable bonds is 7. The van der Waals surface area contributed by atoms with Crippen LogP contribution in [0.15, 0.2) is 59.4 Å². The van der Waals surface area contributed by atoms with Crippen molar-refractivity contribution >= 4 is 16.8 Å². The van der Waals surface area contributed by atoms with Crippen LogP contribution in [0, 0.1) is 5.92 Å². The maximum atomic E-state index is 13.2. The third kappa shape index (κ3) is 4.06. The second-order valence-corrected chi connectivity index (χ2v) is 11.8. The highest BCUT2D eigenvalue weighted by Crippen LogP contribution is 2.57. The van der Waals surface area contributed by atoms with Gasteiger partial charge in [-0.3, -0.25) is 14.5 Å². The highest BCUT2D eigenvalue weighted by atomic mass is 16.3. The number of aromatic nitrogens is 1. The Morgan fingerprint density at radius 3 is 2.41 bits per heavy atom. The number of aromatic hydroxyl groups is 1. The first-order valence-corrected chi connectivity index (χ1v) is 13.8. The van der Waals surface area contributed by atoms with E-state index in [1.807, 2.05) is 19.9 Å². The summed E-state index contributed by atoms with van der Waals surface area (Å²) >= 11 is 0. The summed E-state index contributed by atoms with van der Waals surface area (Å²) in [5.41, 5.74) is 1.89. The lowest BCUT2D eigenvalue weighted by molar-refractivity contribution is -0.0750. The van der Waals surface area contributed by atoms with Crippen LogP contribution in [0.2, 0.25) is 0 Å². The Kier molecular flexibility index (Phi) is 6.10. The molecule has 194 valence electrons. The lowest BCUT2D eigenvalue weighted by Crippen LogP contribution is -2.63. The number of benzene rings is 2. The summed E-state index contributed by atoms with van der Waals surface area (Å²) in [4.78, 5) is 29.0. The molecular weight excluding hydrogens is 462 g/mol. The monoisotopic (exact) mass is 499 g/mol. The molecule has 2 saturated carbocycles. The molecule has 37 heavy (non-hydrogen) atoms. The second-order valence-electron chi connectivity index (χ2n) is 11.8. The Morgan fingerprint density at radius 2 is 1.70 bits per heavy atom. The van der Waals surface area contributed by atoms with Gasteiger partial charge in [0.05, 0.1) is 5.52 Å². The van der Waals surface area contributed by atoms with Gasteiger partial charge in [0.15, 0.2) is 0 Å². The van der Waals surface area contributed by atoms with E-state index in [0.29, 0.717) is 34.9 Å². The summed E-state index contributed by atoms with van der Waals surface area (Å²) in [5, 5.41) is 14.3. The third-order valence-corrected chi connectivity index (χ3v) is 9.18. The molecule has 2 atom stereocenters. The minimum Gasteiger partial charge on any atom is -0.506 e. The Balaban J connectivity index is 1.12. The molecule has 6 nitrogen and oxygen atoms in total. The molecule has 4 fully saturated rings. The van der Waals surface area contributed by atoms with Gasteiger partial charge in [0.25, 0.3) is 11.5 Å². The molecule has 0 radical (unpaired) electrons. The van der Waals surface area contributed by atoms with Crippen LogP contribution in [-0.4, -0.2) is 45.7 Å². The summed E-state index contributed by atoms with van der Waals surface area (Å²) in [6, 6.07) is 19.4. The first kappa shape index (κ1) is 24.2. The minimum absolute atomic E-state index is 0.131. The average molecular weight is 500 g/mol. The first-order chi connectivity index (χ1) is 17.9. The van der Waals surface area contributed by atoms with Gasteiger partial charge in [0.2, 0.25) is 0 Å². The van der Waals surface area contributed by atoms with Gasteiger partial charge in [-0.2, -0.15) is 0 Å². The zero-order valence-electron chi connectivity index (χ0n) is 21.8. The van der Waals surface area contributed by atoms with Crippen molar-refractivity contribution in [2.45, 2.75) is 75.9 Å². The van der Waals surface area contributed by atoms with Crippen molar-refractivity contribution in [2.75, 3.05) is 13.1 Å². The molecule has 2 aliphatic heterocycles. The molecule has 1 aromatic heterocycles. The molecule has 2 unspecified atom stereocenters. The van der Waals surface area contributed by atoms with E-state index in [4.69, 9.17) is 0 Å². The molecule has 0 spiro atoms. The predicted octanol–water partition coefficient (Wildman–Crippen LogP) is 4.99. The van der Waals surface area contributed by atoms with Crippen LogP contribution in [0.3, 0.4) is 0 Å². The minimum atomic E-state index is -0.495. The lowest BCUT2D eigenvalue weighted by Gasteiger charge is -2.62. The van der Waals surface area contributed by atoms with Crippen LogP contribution in [0.25, 0.3) is 10.9 Å². The topological polar surface area (TPSA) is 74.6 Å². The molecule has 7 rings (SSSR count). The molecule has 2 saturated heterocycles. The molecular formula is C31H37N3O3.